The van der Waals surface area contributed by atoms with Crippen molar-refractivity contribution < 1.29 is 27.9 Å². The number of amides is 2. The van der Waals surface area contributed by atoms with E-state index in [-0.39, 0.29) is 29.0 Å². The molecule has 1 saturated heterocycles. The third kappa shape index (κ3) is 2.57. The van der Waals surface area contributed by atoms with Crippen LogP contribution in [0.15, 0.2) is 35.1 Å². The van der Waals surface area contributed by atoms with Crippen molar-refractivity contribution in [1.82, 2.24) is 0 Å². The number of hydrogen-bond donors (Lipinski definition) is 1. The molecule has 0 bridgehead atoms. The lowest BCUT2D eigenvalue weighted by Gasteiger charge is -2.17. The van der Waals surface area contributed by atoms with Crippen LogP contribution >= 0.6 is 0 Å². The number of hydrogen-bond acceptors (Lipinski definition) is 5. The molecule has 0 atom stereocenters. The molecule has 2 amide bonds. The molecule has 8 heteroatoms. The zero-order chi connectivity index (χ0) is 15.8. The largest absolute Gasteiger partial charge is 0.478 e. The number of carboxylic acids is 1. The second kappa shape index (κ2) is 5.13. The minimum Gasteiger partial charge on any atom is -0.478 e. The normalized spacial score (nSPS) is 15.3. The number of nitrogens with zero attached hydrogens (tertiary/aromatic N) is 1. The minimum atomic E-state index is -3.81. The van der Waals surface area contributed by atoms with Crippen molar-refractivity contribution in [1.29, 1.82) is 0 Å². The Balaban J connectivity index is 2.69. The van der Waals surface area contributed by atoms with E-state index in [1.54, 1.807) is 0 Å². The van der Waals surface area contributed by atoms with Crippen LogP contribution in [-0.4, -0.2) is 31.3 Å². The summed E-state index contributed by atoms with van der Waals surface area (Å²) in [6.45, 7) is 3.17. The van der Waals surface area contributed by atoms with Crippen LogP contribution in [0.25, 0.3) is 0 Å². The number of carbonyl (C=O) groups excluding carboxylic acids is 2. The Bertz CT molecular complexity index is 749. The van der Waals surface area contributed by atoms with Crippen LogP contribution in [0.4, 0.5) is 5.69 Å². The first kappa shape index (κ1) is 14.9. The molecule has 21 heavy (non-hydrogen) atoms. The molecule has 2 rings (SSSR count). The van der Waals surface area contributed by atoms with Gasteiger partial charge in [0.2, 0.25) is 11.8 Å². The number of carboxylic acid groups (broad SMARTS) is 1. The molecular weight excluding hydrogens is 298 g/mol. The molecule has 0 aromatic heterocycles. The maximum absolute atomic E-state index is 11.8. The molecule has 0 unspecified atom stereocenters. The molecule has 0 radical (unpaired) electrons. The summed E-state index contributed by atoms with van der Waals surface area (Å²) in [4.78, 5) is 35.2. The van der Waals surface area contributed by atoms with E-state index < -0.39 is 27.6 Å². The summed E-state index contributed by atoms with van der Waals surface area (Å²) in [5.74, 6) is -2.48. The Kier molecular flexibility index (Phi) is 3.65. The van der Waals surface area contributed by atoms with E-state index in [1.807, 2.05) is 0 Å². The third-order valence-corrected chi connectivity index (χ3v) is 4.39. The van der Waals surface area contributed by atoms with Crippen LogP contribution in [0.2, 0.25) is 0 Å². The summed E-state index contributed by atoms with van der Waals surface area (Å²) in [7, 11) is -3.81. The zero-order valence-electron chi connectivity index (χ0n) is 10.8. The van der Waals surface area contributed by atoms with Crippen LogP contribution in [0.3, 0.4) is 0 Å². The Morgan fingerprint density at radius 1 is 1.24 bits per heavy atom. The second-order valence-corrected chi connectivity index (χ2v) is 6.21. The van der Waals surface area contributed by atoms with Gasteiger partial charge in [-0.2, -0.15) is 0 Å². The van der Waals surface area contributed by atoms with Crippen LogP contribution in [0, 0.1) is 0 Å². The maximum Gasteiger partial charge on any atom is 0.337 e. The summed E-state index contributed by atoms with van der Waals surface area (Å²) < 4.78 is 23.5. The van der Waals surface area contributed by atoms with E-state index in [2.05, 4.69) is 6.58 Å². The lowest BCUT2D eigenvalue weighted by molar-refractivity contribution is -0.121. The Hall–Kier alpha value is -2.48. The van der Waals surface area contributed by atoms with Crippen LogP contribution in [-0.2, 0) is 19.4 Å². The van der Waals surface area contributed by atoms with Gasteiger partial charge in [0.05, 0.1) is 16.1 Å². The highest BCUT2D eigenvalue weighted by atomic mass is 32.2. The van der Waals surface area contributed by atoms with E-state index in [1.165, 1.54) is 0 Å². The van der Waals surface area contributed by atoms with Gasteiger partial charge in [0.15, 0.2) is 9.84 Å². The summed E-state index contributed by atoms with van der Waals surface area (Å²) in [5.41, 5.74) is -0.556. The molecule has 110 valence electrons. The van der Waals surface area contributed by atoms with Gasteiger partial charge in [0.25, 0.3) is 0 Å². The molecule has 1 aliphatic rings. The Morgan fingerprint density at radius 2 is 1.81 bits per heavy atom. The van der Waals surface area contributed by atoms with E-state index in [4.69, 9.17) is 5.11 Å². The molecule has 1 fully saturated rings. The van der Waals surface area contributed by atoms with Crippen molar-refractivity contribution in [3.05, 3.63) is 35.7 Å². The number of imide groups is 1. The van der Waals surface area contributed by atoms with E-state index in [9.17, 15) is 22.8 Å². The number of carbonyl (C=O) groups is 3. The first-order valence-electron chi connectivity index (χ1n) is 5.88. The molecule has 1 aromatic carbocycles. The predicted molar refractivity (Wildman–Crippen MR) is 72.5 cm³/mol. The second-order valence-electron chi connectivity index (χ2n) is 4.32. The van der Waals surface area contributed by atoms with Crippen molar-refractivity contribution in [2.75, 3.05) is 4.90 Å². The highest BCUT2D eigenvalue weighted by Gasteiger charge is 2.33. The van der Waals surface area contributed by atoms with Crippen LogP contribution < -0.4 is 4.90 Å². The zero-order valence-corrected chi connectivity index (χ0v) is 11.6. The van der Waals surface area contributed by atoms with Gasteiger partial charge in [0, 0.05) is 18.2 Å². The topological polar surface area (TPSA) is 109 Å². The SMILES string of the molecule is C=CS(=O)(=O)c1ccc(C(=O)O)c(N2C(=O)CCC2=O)c1. The van der Waals surface area contributed by atoms with Gasteiger partial charge < -0.3 is 5.11 Å². The number of benzene rings is 1. The third-order valence-electron chi connectivity index (χ3n) is 3.04. The average molecular weight is 309 g/mol. The molecule has 1 N–H and O–H groups in total. The number of anilines is 1. The average Bonchev–Trinajstić information content (AvgIpc) is 2.77. The van der Waals surface area contributed by atoms with Gasteiger partial charge in [-0.3, -0.25) is 9.59 Å². The number of aromatic carboxylic acids is 1. The fourth-order valence-corrected chi connectivity index (χ4v) is 2.72. The lowest BCUT2D eigenvalue weighted by atomic mass is 10.1. The minimum absolute atomic E-state index is 0.0314. The lowest BCUT2D eigenvalue weighted by Crippen LogP contribution is -2.30. The molecule has 7 nitrogen and oxygen atoms in total. The van der Waals surface area contributed by atoms with Crippen molar-refractivity contribution in [2.45, 2.75) is 17.7 Å². The molecule has 0 spiro atoms. The van der Waals surface area contributed by atoms with E-state index in [0.29, 0.717) is 10.3 Å². The smallest absolute Gasteiger partial charge is 0.337 e. The molecule has 1 aromatic rings. The predicted octanol–water partition coefficient (Wildman–Crippen LogP) is 0.955. The van der Waals surface area contributed by atoms with Gasteiger partial charge in [-0.05, 0) is 18.2 Å². The van der Waals surface area contributed by atoms with E-state index in [0.717, 1.165) is 18.2 Å². The number of rotatable bonds is 4. The van der Waals surface area contributed by atoms with Crippen molar-refractivity contribution in [3.8, 4) is 0 Å². The summed E-state index contributed by atoms with van der Waals surface area (Å²) >= 11 is 0. The highest BCUT2D eigenvalue weighted by molar-refractivity contribution is 7.94. The Labute approximate surface area is 120 Å². The van der Waals surface area contributed by atoms with Crippen molar-refractivity contribution in [2.24, 2.45) is 0 Å². The van der Waals surface area contributed by atoms with Crippen molar-refractivity contribution in [3.63, 3.8) is 0 Å². The molecule has 1 heterocycles. The molecular formula is C13H11NO6S. The number of sulfone groups is 1. The van der Waals surface area contributed by atoms with Crippen LogP contribution in [0.1, 0.15) is 23.2 Å². The maximum atomic E-state index is 11.8. The fourth-order valence-electron chi connectivity index (χ4n) is 2.00. The van der Waals surface area contributed by atoms with E-state index >= 15 is 0 Å². The fraction of sp³-hybridized carbons (Fsp3) is 0.154. The van der Waals surface area contributed by atoms with Crippen molar-refractivity contribution >= 4 is 33.3 Å². The monoisotopic (exact) mass is 309 g/mol. The summed E-state index contributed by atoms with van der Waals surface area (Å²) in [6.07, 6.45) is -0.0628. The quantitative estimate of drug-likeness (QED) is 0.830. The first-order valence-corrected chi connectivity index (χ1v) is 7.43. The van der Waals surface area contributed by atoms with Crippen LogP contribution in [0.5, 0.6) is 0 Å². The summed E-state index contributed by atoms with van der Waals surface area (Å²) in [6, 6.07) is 3.14. The standard InChI is InChI=1S/C13H11NO6S/c1-2-21(19,20)8-3-4-9(13(17)18)10(7-8)14-11(15)5-6-12(14)16/h2-4,7H,1,5-6H2,(H,17,18). The first-order chi connectivity index (χ1) is 9.77. The highest BCUT2D eigenvalue weighted by Crippen LogP contribution is 2.29. The molecule has 0 aliphatic carbocycles. The van der Waals surface area contributed by atoms with Gasteiger partial charge in [-0.15, -0.1) is 0 Å². The van der Waals surface area contributed by atoms with Gasteiger partial charge in [0.1, 0.15) is 0 Å². The molecule has 0 saturated carbocycles. The van der Waals surface area contributed by atoms with Gasteiger partial charge >= 0.3 is 5.97 Å². The Morgan fingerprint density at radius 3 is 2.29 bits per heavy atom. The van der Waals surface area contributed by atoms with Gasteiger partial charge in [-0.1, -0.05) is 6.58 Å². The van der Waals surface area contributed by atoms with Gasteiger partial charge in [-0.25, -0.2) is 18.1 Å². The summed E-state index contributed by atoms with van der Waals surface area (Å²) in [5, 5.41) is 9.84. The molecule has 1 aliphatic heterocycles.